The zero-order valence-corrected chi connectivity index (χ0v) is 18.2. The van der Waals surface area contributed by atoms with Gasteiger partial charge in [-0.2, -0.15) is 4.31 Å². The van der Waals surface area contributed by atoms with Gasteiger partial charge in [-0.1, -0.05) is 0 Å². The lowest BCUT2D eigenvalue weighted by Gasteiger charge is -2.26. The second-order valence-electron chi connectivity index (χ2n) is 7.28. The van der Waals surface area contributed by atoms with Crippen molar-refractivity contribution >= 4 is 32.6 Å². The summed E-state index contributed by atoms with van der Waals surface area (Å²) in [5.41, 5.74) is 1.16. The molecule has 32 heavy (non-hydrogen) atoms. The van der Waals surface area contributed by atoms with Crippen LogP contribution in [0.15, 0.2) is 62.6 Å². The number of aryl methyl sites for hydroxylation is 1. The first-order valence-corrected chi connectivity index (χ1v) is 11.4. The van der Waals surface area contributed by atoms with Crippen LogP contribution in [0.4, 0.5) is 5.69 Å². The van der Waals surface area contributed by atoms with E-state index in [4.69, 9.17) is 13.9 Å². The monoisotopic (exact) mass is 458 g/mol. The zero-order chi connectivity index (χ0) is 22.7. The van der Waals surface area contributed by atoms with Crippen LogP contribution in [0.5, 0.6) is 5.75 Å². The van der Waals surface area contributed by atoms with Crippen molar-refractivity contribution in [2.45, 2.75) is 11.8 Å². The van der Waals surface area contributed by atoms with Crippen LogP contribution >= 0.6 is 0 Å². The molecule has 2 aromatic carbocycles. The van der Waals surface area contributed by atoms with Gasteiger partial charge in [0.1, 0.15) is 11.3 Å². The number of anilines is 1. The average Bonchev–Trinajstić information content (AvgIpc) is 2.78. The van der Waals surface area contributed by atoms with Crippen molar-refractivity contribution < 1.29 is 27.1 Å². The Labute approximate surface area is 184 Å². The van der Waals surface area contributed by atoms with E-state index in [0.717, 1.165) is 10.9 Å². The second-order valence-corrected chi connectivity index (χ2v) is 9.22. The molecule has 2 heterocycles. The molecule has 0 spiro atoms. The molecule has 1 aromatic heterocycles. The summed E-state index contributed by atoms with van der Waals surface area (Å²) in [5.74, 6) is -0.0343. The van der Waals surface area contributed by atoms with Crippen LogP contribution in [0.1, 0.15) is 5.56 Å². The third-order valence-corrected chi connectivity index (χ3v) is 6.95. The molecule has 1 aliphatic rings. The summed E-state index contributed by atoms with van der Waals surface area (Å²) in [6, 6.07) is 12.4. The first kappa shape index (κ1) is 22.0. The standard InChI is InChI=1S/C22H22N2O7S/c1-15-12-22(26)31-20-13-17(4-7-19(15)20)30-14-21(25)23-16-2-5-18(6-3-16)32(27,28)24-8-10-29-11-9-24/h2-7,12-13H,8-11,14H2,1H3,(H,23,25). The van der Waals surface area contributed by atoms with Gasteiger partial charge in [0.05, 0.1) is 18.1 Å². The van der Waals surface area contributed by atoms with Gasteiger partial charge in [0, 0.05) is 36.3 Å². The Hall–Kier alpha value is -3.21. The summed E-state index contributed by atoms with van der Waals surface area (Å²) < 4.78 is 42.5. The molecule has 1 N–H and O–H groups in total. The van der Waals surface area contributed by atoms with Gasteiger partial charge in [-0.25, -0.2) is 13.2 Å². The highest BCUT2D eigenvalue weighted by molar-refractivity contribution is 7.89. The van der Waals surface area contributed by atoms with Gasteiger partial charge in [0.2, 0.25) is 10.0 Å². The first-order valence-electron chi connectivity index (χ1n) is 9.98. The minimum absolute atomic E-state index is 0.154. The number of hydrogen-bond donors (Lipinski definition) is 1. The maximum absolute atomic E-state index is 12.7. The van der Waals surface area contributed by atoms with Crippen LogP contribution in [-0.4, -0.2) is 51.5 Å². The highest BCUT2D eigenvalue weighted by Crippen LogP contribution is 2.23. The summed E-state index contributed by atoms with van der Waals surface area (Å²) in [4.78, 5) is 23.9. The van der Waals surface area contributed by atoms with Gasteiger partial charge >= 0.3 is 5.63 Å². The van der Waals surface area contributed by atoms with Gasteiger partial charge in [-0.05, 0) is 48.9 Å². The smallest absolute Gasteiger partial charge is 0.336 e. The normalized spacial score (nSPS) is 14.9. The molecule has 0 radical (unpaired) electrons. The molecule has 1 amide bonds. The number of carbonyl (C=O) groups is 1. The van der Waals surface area contributed by atoms with Gasteiger partial charge < -0.3 is 19.2 Å². The van der Waals surface area contributed by atoms with Crippen molar-refractivity contribution in [1.82, 2.24) is 4.31 Å². The molecule has 0 atom stereocenters. The number of nitrogens with one attached hydrogen (secondary N) is 1. The molecule has 1 saturated heterocycles. The molecular weight excluding hydrogens is 436 g/mol. The maximum atomic E-state index is 12.7. The van der Waals surface area contributed by atoms with E-state index in [-0.39, 0.29) is 11.5 Å². The number of hydrogen-bond acceptors (Lipinski definition) is 7. The second kappa shape index (κ2) is 9.11. The van der Waals surface area contributed by atoms with E-state index in [1.807, 2.05) is 6.92 Å². The van der Waals surface area contributed by atoms with E-state index in [1.54, 1.807) is 18.2 Å². The van der Waals surface area contributed by atoms with Gasteiger partial charge in [0.25, 0.3) is 5.91 Å². The Morgan fingerprint density at radius 3 is 2.53 bits per heavy atom. The molecule has 0 aliphatic carbocycles. The minimum atomic E-state index is -3.59. The number of rotatable bonds is 6. The third-order valence-electron chi connectivity index (χ3n) is 5.04. The summed E-state index contributed by atoms with van der Waals surface area (Å²) in [6.07, 6.45) is 0. The van der Waals surface area contributed by atoms with E-state index in [1.165, 1.54) is 34.6 Å². The minimum Gasteiger partial charge on any atom is -0.484 e. The molecule has 0 unspecified atom stereocenters. The Morgan fingerprint density at radius 1 is 1.09 bits per heavy atom. The molecule has 9 nitrogen and oxygen atoms in total. The number of carbonyl (C=O) groups excluding carboxylic acids is 1. The molecule has 168 valence electrons. The number of benzene rings is 2. The van der Waals surface area contributed by atoms with Crippen molar-refractivity contribution in [3.63, 3.8) is 0 Å². The predicted molar refractivity (Wildman–Crippen MR) is 117 cm³/mol. The molecule has 10 heteroatoms. The summed E-state index contributed by atoms with van der Waals surface area (Å²) in [6.45, 7) is 2.92. The predicted octanol–water partition coefficient (Wildman–Crippen LogP) is 2.14. The molecular formula is C22H22N2O7S. The van der Waals surface area contributed by atoms with Gasteiger partial charge in [0.15, 0.2) is 6.61 Å². The lowest BCUT2D eigenvalue weighted by Crippen LogP contribution is -2.40. The van der Waals surface area contributed by atoms with Crippen molar-refractivity contribution in [2.24, 2.45) is 0 Å². The highest BCUT2D eigenvalue weighted by atomic mass is 32.2. The van der Waals surface area contributed by atoms with E-state index in [0.29, 0.717) is 43.3 Å². The quantitative estimate of drug-likeness (QED) is 0.563. The number of amides is 1. The van der Waals surface area contributed by atoms with Crippen LogP contribution in [0.3, 0.4) is 0 Å². The van der Waals surface area contributed by atoms with E-state index in [9.17, 15) is 18.0 Å². The maximum Gasteiger partial charge on any atom is 0.336 e. The van der Waals surface area contributed by atoms with Crippen LogP contribution in [0.25, 0.3) is 11.0 Å². The van der Waals surface area contributed by atoms with Gasteiger partial charge in [-0.15, -0.1) is 0 Å². The number of nitrogens with zero attached hydrogens (tertiary/aromatic N) is 1. The SMILES string of the molecule is Cc1cc(=O)oc2cc(OCC(=O)Nc3ccc(S(=O)(=O)N4CCOCC4)cc3)ccc12. The Kier molecular flexibility index (Phi) is 6.26. The molecule has 0 bridgehead atoms. The van der Waals surface area contributed by atoms with Gasteiger partial charge in [-0.3, -0.25) is 4.79 Å². The van der Waals surface area contributed by atoms with Crippen molar-refractivity contribution in [3.8, 4) is 5.75 Å². The van der Waals surface area contributed by atoms with E-state index < -0.39 is 21.6 Å². The first-order chi connectivity index (χ1) is 15.3. The molecule has 1 fully saturated rings. The lowest BCUT2D eigenvalue weighted by atomic mass is 10.1. The Bertz CT molecular complexity index is 1290. The Morgan fingerprint density at radius 2 is 1.81 bits per heavy atom. The summed E-state index contributed by atoms with van der Waals surface area (Å²) in [5, 5.41) is 3.45. The third kappa shape index (κ3) is 4.82. The van der Waals surface area contributed by atoms with Crippen LogP contribution < -0.4 is 15.7 Å². The number of ether oxygens (including phenoxy) is 2. The summed E-state index contributed by atoms with van der Waals surface area (Å²) >= 11 is 0. The largest absolute Gasteiger partial charge is 0.484 e. The highest BCUT2D eigenvalue weighted by Gasteiger charge is 2.26. The van der Waals surface area contributed by atoms with Crippen LogP contribution in [0.2, 0.25) is 0 Å². The summed E-state index contributed by atoms with van der Waals surface area (Å²) in [7, 11) is -3.59. The van der Waals surface area contributed by atoms with E-state index in [2.05, 4.69) is 5.32 Å². The molecule has 3 aromatic rings. The van der Waals surface area contributed by atoms with Crippen molar-refractivity contribution in [1.29, 1.82) is 0 Å². The fraction of sp³-hybridized carbons (Fsp3) is 0.273. The fourth-order valence-corrected chi connectivity index (χ4v) is 4.80. The van der Waals surface area contributed by atoms with Crippen molar-refractivity contribution in [3.05, 3.63) is 64.5 Å². The molecule has 4 rings (SSSR count). The Balaban J connectivity index is 1.37. The number of sulfonamides is 1. The van der Waals surface area contributed by atoms with Crippen LogP contribution in [-0.2, 0) is 19.6 Å². The number of fused-ring (bicyclic) bond motifs is 1. The number of morpholine rings is 1. The average molecular weight is 458 g/mol. The lowest BCUT2D eigenvalue weighted by molar-refractivity contribution is -0.118. The molecule has 0 saturated carbocycles. The van der Waals surface area contributed by atoms with E-state index >= 15 is 0 Å². The fourth-order valence-electron chi connectivity index (χ4n) is 3.39. The zero-order valence-electron chi connectivity index (χ0n) is 17.4. The topological polar surface area (TPSA) is 115 Å². The van der Waals surface area contributed by atoms with Crippen LogP contribution in [0, 0.1) is 6.92 Å². The van der Waals surface area contributed by atoms with Crippen molar-refractivity contribution in [2.75, 3.05) is 38.2 Å². The molecule has 1 aliphatic heterocycles.